The van der Waals surface area contributed by atoms with Crippen LogP contribution >= 0.6 is 39.1 Å². The van der Waals surface area contributed by atoms with Gasteiger partial charge >= 0.3 is 0 Å². The zero-order valence-electron chi connectivity index (χ0n) is 9.53. The molecule has 19 heavy (non-hydrogen) atoms. The van der Waals surface area contributed by atoms with Crippen LogP contribution in [0.4, 0.5) is 11.4 Å². The minimum Gasteiger partial charge on any atom is -0.396 e. The Kier molecular flexibility index (Phi) is 4.34. The minimum absolute atomic E-state index is 0.0429. The fraction of sp³-hybridized carbons (Fsp3) is 0.0909. The number of rotatable bonds is 3. The monoisotopic (exact) mass is 362 g/mol. The molecule has 2 aromatic rings. The Labute approximate surface area is 127 Å². The third kappa shape index (κ3) is 3.40. The first kappa shape index (κ1) is 14.2. The maximum atomic E-state index is 11.8. The van der Waals surface area contributed by atoms with E-state index in [9.17, 15) is 4.79 Å². The van der Waals surface area contributed by atoms with Crippen molar-refractivity contribution >= 4 is 56.4 Å². The molecule has 0 aliphatic carbocycles. The van der Waals surface area contributed by atoms with Gasteiger partial charge in [0.05, 0.1) is 27.6 Å². The van der Waals surface area contributed by atoms with Gasteiger partial charge in [0.15, 0.2) is 0 Å². The summed E-state index contributed by atoms with van der Waals surface area (Å²) < 4.78 is 2.09. The van der Waals surface area contributed by atoms with Crippen LogP contribution in [0.2, 0.25) is 10.0 Å². The van der Waals surface area contributed by atoms with Gasteiger partial charge in [0, 0.05) is 10.7 Å². The number of nitrogen functional groups attached to an aromatic ring is 1. The Morgan fingerprint density at radius 3 is 2.79 bits per heavy atom. The molecule has 0 aliphatic heterocycles. The van der Waals surface area contributed by atoms with E-state index in [-0.39, 0.29) is 17.5 Å². The van der Waals surface area contributed by atoms with Crippen molar-refractivity contribution in [1.82, 2.24) is 9.78 Å². The molecule has 0 bridgehead atoms. The maximum absolute atomic E-state index is 11.8. The van der Waals surface area contributed by atoms with E-state index in [0.29, 0.717) is 20.9 Å². The summed E-state index contributed by atoms with van der Waals surface area (Å²) in [5.74, 6) is -0.275. The highest BCUT2D eigenvalue weighted by molar-refractivity contribution is 9.10. The summed E-state index contributed by atoms with van der Waals surface area (Å²) in [6.07, 6.45) is 3.03. The molecule has 3 N–H and O–H groups in total. The third-order valence-electron chi connectivity index (χ3n) is 2.27. The predicted octanol–water partition coefficient (Wildman–Crippen LogP) is 3.17. The molecule has 0 unspecified atom stereocenters. The van der Waals surface area contributed by atoms with Gasteiger partial charge in [-0.1, -0.05) is 23.2 Å². The molecular weight excluding hydrogens is 355 g/mol. The van der Waals surface area contributed by atoms with Crippen LogP contribution in [0.3, 0.4) is 0 Å². The molecule has 1 aromatic heterocycles. The number of aromatic nitrogens is 2. The van der Waals surface area contributed by atoms with E-state index in [4.69, 9.17) is 28.9 Å². The van der Waals surface area contributed by atoms with Gasteiger partial charge in [-0.05, 0) is 28.1 Å². The minimum atomic E-state index is -0.275. The highest BCUT2D eigenvalue weighted by Gasteiger charge is 2.11. The number of carbonyl (C=O) groups is 1. The standard InChI is InChI=1S/C11H9BrCl2N4O/c12-7-1-2-8(11(14)10(7)13)17-9(19)5-18-4-6(15)3-16-18/h1-4H,5,15H2,(H,17,19). The molecule has 2 rings (SSSR count). The van der Waals surface area contributed by atoms with Gasteiger partial charge in [-0.2, -0.15) is 5.10 Å². The van der Waals surface area contributed by atoms with Gasteiger partial charge in [0.2, 0.25) is 5.91 Å². The molecule has 0 saturated carbocycles. The zero-order valence-corrected chi connectivity index (χ0v) is 12.6. The lowest BCUT2D eigenvalue weighted by atomic mass is 10.3. The Hall–Kier alpha value is -1.24. The Bertz CT molecular complexity index is 629. The van der Waals surface area contributed by atoms with Crippen molar-refractivity contribution in [2.24, 2.45) is 0 Å². The molecular formula is C11H9BrCl2N4O. The number of nitrogens with zero attached hydrogens (tertiary/aromatic N) is 2. The number of carbonyl (C=O) groups excluding carboxylic acids is 1. The first-order chi connectivity index (χ1) is 8.97. The van der Waals surface area contributed by atoms with Crippen molar-refractivity contribution in [3.63, 3.8) is 0 Å². The second-order valence-corrected chi connectivity index (χ2v) is 5.35. The Morgan fingerprint density at radius 2 is 2.16 bits per heavy atom. The first-order valence-electron chi connectivity index (χ1n) is 5.18. The normalized spacial score (nSPS) is 10.5. The summed E-state index contributed by atoms with van der Waals surface area (Å²) in [4.78, 5) is 11.8. The van der Waals surface area contributed by atoms with E-state index in [1.54, 1.807) is 18.3 Å². The number of halogens is 3. The second kappa shape index (κ2) is 5.81. The Morgan fingerprint density at radius 1 is 1.42 bits per heavy atom. The first-order valence-corrected chi connectivity index (χ1v) is 6.73. The highest BCUT2D eigenvalue weighted by atomic mass is 79.9. The molecule has 0 fully saturated rings. The average molecular weight is 364 g/mol. The fourth-order valence-corrected chi connectivity index (χ4v) is 2.25. The topological polar surface area (TPSA) is 72.9 Å². The molecule has 0 atom stereocenters. The summed E-state index contributed by atoms with van der Waals surface area (Å²) in [7, 11) is 0. The van der Waals surface area contributed by atoms with E-state index >= 15 is 0 Å². The number of anilines is 2. The third-order valence-corrected chi connectivity index (χ3v) is 4.04. The van der Waals surface area contributed by atoms with E-state index in [2.05, 4.69) is 26.3 Å². The van der Waals surface area contributed by atoms with Gasteiger partial charge in [0.1, 0.15) is 6.54 Å². The van der Waals surface area contributed by atoms with Gasteiger partial charge in [-0.25, -0.2) is 0 Å². The fourth-order valence-electron chi connectivity index (χ4n) is 1.43. The van der Waals surface area contributed by atoms with Crippen LogP contribution in [0.25, 0.3) is 0 Å². The van der Waals surface area contributed by atoms with Crippen LogP contribution in [-0.2, 0) is 11.3 Å². The molecule has 1 amide bonds. The molecule has 0 saturated heterocycles. The maximum Gasteiger partial charge on any atom is 0.246 e. The number of nitrogens with one attached hydrogen (secondary N) is 1. The number of hydrogen-bond acceptors (Lipinski definition) is 3. The van der Waals surface area contributed by atoms with E-state index in [0.717, 1.165) is 0 Å². The quantitative estimate of drug-likeness (QED) is 0.822. The summed E-state index contributed by atoms with van der Waals surface area (Å²) >= 11 is 15.2. The zero-order chi connectivity index (χ0) is 14.0. The Balaban J connectivity index is 2.09. The lowest BCUT2D eigenvalue weighted by Gasteiger charge is -2.09. The van der Waals surface area contributed by atoms with Crippen molar-refractivity contribution in [2.45, 2.75) is 6.54 Å². The SMILES string of the molecule is Nc1cnn(CC(=O)Nc2ccc(Br)c(Cl)c2Cl)c1. The van der Waals surface area contributed by atoms with Gasteiger partial charge in [-0.3, -0.25) is 9.48 Å². The van der Waals surface area contributed by atoms with Crippen molar-refractivity contribution in [3.05, 3.63) is 39.0 Å². The van der Waals surface area contributed by atoms with Crippen molar-refractivity contribution in [3.8, 4) is 0 Å². The lowest BCUT2D eigenvalue weighted by molar-refractivity contribution is -0.116. The average Bonchev–Trinajstić information content (AvgIpc) is 2.75. The van der Waals surface area contributed by atoms with Crippen molar-refractivity contribution in [2.75, 3.05) is 11.1 Å². The van der Waals surface area contributed by atoms with Crippen molar-refractivity contribution < 1.29 is 4.79 Å². The largest absolute Gasteiger partial charge is 0.396 e. The summed E-state index contributed by atoms with van der Waals surface area (Å²) in [6, 6.07) is 3.36. The molecule has 0 aliphatic rings. The number of nitrogens with two attached hydrogens (primary N) is 1. The molecule has 0 radical (unpaired) electrons. The summed E-state index contributed by atoms with van der Waals surface area (Å²) in [6.45, 7) is 0.0429. The molecule has 1 heterocycles. The van der Waals surface area contributed by atoms with E-state index < -0.39 is 0 Å². The van der Waals surface area contributed by atoms with Gasteiger partial charge in [-0.15, -0.1) is 0 Å². The van der Waals surface area contributed by atoms with Crippen LogP contribution in [0.1, 0.15) is 0 Å². The smallest absolute Gasteiger partial charge is 0.246 e. The molecule has 1 aromatic carbocycles. The number of hydrogen-bond donors (Lipinski definition) is 2. The van der Waals surface area contributed by atoms with Gasteiger partial charge in [0.25, 0.3) is 0 Å². The van der Waals surface area contributed by atoms with Crippen LogP contribution in [0.15, 0.2) is 29.0 Å². The summed E-state index contributed by atoms with van der Waals surface area (Å²) in [5, 5.41) is 7.21. The second-order valence-electron chi connectivity index (χ2n) is 3.74. The highest BCUT2D eigenvalue weighted by Crippen LogP contribution is 2.35. The van der Waals surface area contributed by atoms with Crippen LogP contribution in [0.5, 0.6) is 0 Å². The summed E-state index contributed by atoms with van der Waals surface area (Å²) in [5.41, 5.74) is 6.45. The van der Waals surface area contributed by atoms with Crippen LogP contribution in [-0.4, -0.2) is 15.7 Å². The molecule has 100 valence electrons. The number of amides is 1. The van der Waals surface area contributed by atoms with Crippen LogP contribution < -0.4 is 11.1 Å². The van der Waals surface area contributed by atoms with E-state index in [1.807, 2.05) is 0 Å². The van der Waals surface area contributed by atoms with Crippen LogP contribution in [0, 0.1) is 0 Å². The van der Waals surface area contributed by atoms with E-state index in [1.165, 1.54) is 10.9 Å². The number of benzene rings is 1. The van der Waals surface area contributed by atoms with Gasteiger partial charge < -0.3 is 11.1 Å². The van der Waals surface area contributed by atoms with Crippen molar-refractivity contribution in [1.29, 1.82) is 0 Å². The predicted molar refractivity (Wildman–Crippen MR) is 79.4 cm³/mol. The molecule has 8 heteroatoms. The molecule has 5 nitrogen and oxygen atoms in total. The lowest BCUT2D eigenvalue weighted by Crippen LogP contribution is -2.19. The molecule has 0 spiro atoms.